The first kappa shape index (κ1) is 13.0. The quantitative estimate of drug-likeness (QED) is 0.661. The van der Waals surface area contributed by atoms with Crippen molar-refractivity contribution in [2.24, 2.45) is 0 Å². The number of aliphatic hydroxyl groups is 1. The number of anilines is 1. The van der Waals surface area contributed by atoms with Gasteiger partial charge in [0.15, 0.2) is 0 Å². The van der Waals surface area contributed by atoms with E-state index < -0.39 is 16.1 Å². The van der Waals surface area contributed by atoms with Crippen molar-refractivity contribution in [3.05, 3.63) is 23.8 Å². The van der Waals surface area contributed by atoms with Crippen LogP contribution in [0, 0.1) is 6.92 Å². The molecule has 1 atom stereocenters. The fourth-order valence-electron chi connectivity index (χ4n) is 1.21. The molecule has 0 aromatic heterocycles. The molecule has 1 aromatic carbocycles. The van der Waals surface area contributed by atoms with Crippen LogP contribution in [0.25, 0.3) is 0 Å². The molecule has 16 heavy (non-hydrogen) atoms. The molecule has 4 N–H and O–H groups in total. The Bertz CT molecular complexity index is 469. The number of nitrogens with one attached hydrogen (secondary N) is 1. The van der Waals surface area contributed by atoms with E-state index in [-0.39, 0.29) is 11.4 Å². The molecule has 0 heterocycles. The number of sulfonamides is 1. The Morgan fingerprint density at radius 2 is 2.12 bits per heavy atom. The summed E-state index contributed by atoms with van der Waals surface area (Å²) in [7, 11) is -3.60. The van der Waals surface area contributed by atoms with E-state index in [0.717, 1.165) is 0 Å². The van der Waals surface area contributed by atoms with Crippen LogP contribution in [-0.4, -0.2) is 26.2 Å². The fourth-order valence-corrected chi connectivity index (χ4v) is 2.61. The van der Waals surface area contributed by atoms with Crippen molar-refractivity contribution in [1.29, 1.82) is 0 Å². The maximum atomic E-state index is 11.8. The van der Waals surface area contributed by atoms with Gasteiger partial charge in [0.05, 0.1) is 11.0 Å². The van der Waals surface area contributed by atoms with E-state index in [9.17, 15) is 8.42 Å². The first-order valence-corrected chi connectivity index (χ1v) is 6.35. The maximum absolute atomic E-state index is 11.8. The summed E-state index contributed by atoms with van der Waals surface area (Å²) in [6.45, 7) is 3.18. The minimum atomic E-state index is -3.60. The van der Waals surface area contributed by atoms with Gasteiger partial charge < -0.3 is 10.8 Å². The molecule has 0 radical (unpaired) electrons. The van der Waals surface area contributed by atoms with Gasteiger partial charge in [-0.25, -0.2) is 13.1 Å². The van der Waals surface area contributed by atoms with Gasteiger partial charge in [-0.15, -0.1) is 0 Å². The van der Waals surface area contributed by atoms with Crippen molar-refractivity contribution >= 4 is 15.7 Å². The molecule has 0 saturated heterocycles. The average Bonchev–Trinajstić information content (AvgIpc) is 2.19. The van der Waals surface area contributed by atoms with Crippen molar-refractivity contribution < 1.29 is 13.5 Å². The third kappa shape index (κ3) is 3.19. The second-order valence-electron chi connectivity index (χ2n) is 3.73. The third-order valence-electron chi connectivity index (χ3n) is 2.07. The molecule has 1 rings (SSSR count). The van der Waals surface area contributed by atoms with Crippen LogP contribution in [0.2, 0.25) is 0 Å². The van der Waals surface area contributed by atoms with Gasteiger partial charge in [-0.2, -0.15) is 0 Å². The Morgan fingerprint density at radius 3 is 2.69 bits per heavy atom. The highest BCUT2D eigenvalue weighted by Gasteiger charge is 2.17. The minimum absolute atomic E-state index is 0.0173. The maximum Gasteiger partial charge on any atom is 0.240 e. The van der Waals surface area contributed by atoms with E-state index in [2.05, 4.69) is 4.72 Å². The van der Waals surface area contributed by atoms with Crippen molar-refractivity contribution in [3.8, 4) is 0 Å². The second kappa shape index (κ2) is 4.82. The van der Waals surface area contributed by atoms with Crippen LogP contribution in [-0.2, 0) is 10.0 Å². The first-order chi connectivity index (χ1) is 7.33. The summed E-state index contributed by atoms with van der Waals surface area (Å²) >= 11 is 0. The summed E-state index contributed by atoms with van der Waals surface area (Å²) in [5.41, 5.74) is 6.55. The van der Waals surface area contributed by atoms with E-state index >= 15 is 0 Å². The van der Waals surface area contributed by atoms with E-state index in [0.29, 0.717) is 11.3 Å². The molecule has 0 amide bonds. The van der Waals surface area contributed by atoms with Crippen LogP contribution in [0.1, 0.15) is 12.5 Å². The predicted molar refractivity (Wildman–Crippen MR) is 62.5 cm³/mol. The number of hydrogen-bond donors (Lipinski definition) is 3. The largest absolute Gasteiger partial charge is 0.399 e. The molecule has 6 heteroatoms. The zero-order valence-electron chi connectivity index (χ0n) is 9.27. The highest BCUT2D eigenvalue weighted by Crippen LogP contribution is 2.17. The van der Waals surface area contributed by atoms with Gasteiger partial charge in [0.25, 0.3) is 0 Å². The second-order valence-corrected chi connectivity index (χ2v) is 5.46. The molecule has 90 valence electrons. The topological polar surface area (TPSA) is 92.4 Å². The molecule has 0 bridgehead atoms. The molecule has 0 aliphatic rings. The monoisotopic (exact) mass is 244 g/mol. The zero-order valence-corrected chi connectivity index (χ0v) is 10.1. The standard InChI is InChI=1S/C10H16N2O3S/c1-7-3-4-9(11)5-10(7)16(14,15)12-6-8(2)13/h3-5,8,12-13H,6,11H2,1-2H3/t8-/m1/s1. The van der Waals surface area contributed by atoms with Gasteiger partial charge in [0.1, 0.15) is 0 Å². The van der Waals surface area contributed by atoms with Crippen molar-refractivity contribution in [2.45, 2.75) is 24.8 Å². The van der Waals surface area contributed by atoms with Crippen molar-refractivity contribution in [1.82, 2.24) is 4.72 Å². The number of nitrogens with two attached hydrogens (primary N) is 1. The van der Waals surface area contributed by atoms with E-state index in [1.807, 2.05) is 0 Å². The first-order valence-electron chi connectivity index (χ1n) is 4.87. The third-order valence-corrected chi connectivity index (χ3v) is 3.64. The van der Waals surface area contributed by atoms with Crippen LogP contribution in [0.15, 0.2) is 23.1 Å². The molecule has 0 spiro atoms. The van der Waals surface area contributed by atoms with Gasteiger partial charge in [-0.05, 0) is 31.5 Å². The van der Waals surface area contributed by atoms with Gasteiger partial charge in [-0.1, -0.05) is 6.07 Å². The van der Waals surface area contributed by atoms with Crippen molar-refractivity contribution in [3.63, 3.8) is 0 Å². The van der Waals surface area contributed by atoms with Crippen LogP contribution < -0.4 is 10.5 Å². The minimum Gasteiger partial charge on any atom is -0.399 e. The number of aliphatic hydroxyl groups excluding tert-OH is 1. The van der Waals surface area contributed by atoms with Crippen LogP contribution in [0.3, 0.4) is 0 Å². The zero-order chi connectivity index (χ0) is 12.3. The van der Waals surface area contributed by atoms with Crippen molar-refractivity contribution in [2.75, 3.05) is 12.3 Å². The summed E-state index contributed by atoms with van der Waals surface area (Å²) in [5, 5.41) is 9.03. The lowest BCUT2D eigenvalue weighted by Crippen LogP contribution is -2.31. The summed E-state index contributed by atoms with van der Waals surface area (Å²) in [6, 6.07) is 4.69. The molecule has 0 unspecified atom stereocenters. The Kier molecular flexibility index (Phi) is 3.90. The molecule has 0 aliphatic carbocycles. The lowest BCUT2D eigenvalue weighted by molar-refractivity contribution is 0.198. The lowest BCUT2D eigenvalue weighted by Gasteiger charge is -2.11. The summed E-state index contributed by atoms with van der Waals surface area (Å²) in [4.78, 5) is 0.146. The number of benzene rings is 1. The number of nitrogen functional groups attached to an aromatic ring is 1. The number of rotatable bonds is 4. The van der Waals surface area contributed by atoms with Crippen LogP contribution in [0.4, 0.5) is 5.69 Å². The summed E-state index contributed by atoms with van der Waals surface area (Å²) in [6.07, 6.45) is -0.726. The highest BCUT2D eigenvalue weighted by molar-refractivity contribution is 7.89. The van der Waals surface area contributed by atoms with E-state index in [1.54, 1.807) is 19.1 Å². The van der Waals surface area contributed by atoms with E-state index in [4.69, 9.17) is 10.8 Å². The smallest absolute Gasteiger partial charge is 0.240 e. The highest BCUT2D eigenvalue weighted by atomic mass is 32.2. The molecule has 0 fully saturated rings. The molecular formula is C10H16N2O3S. The molecule has 0 aliphatic heterocycles. The fraction of sp³-hybridized carbons (Fsp3) is 0.400. The van der Waals surface area contributed by atoms with Gasteiger partial charge in [0.2, 0.25) is 10.0 Å². The Balaban J connectivity index is 3.02. The molecule has 0 saturated carbocycles. The molecule has 5 nitrogen and oxygen atoms in total. The van der Waals surface area contributed by atoms with Gasteiger partial charge >= 0.3 is 0 Å². The van der Waals surface area contributed by atoms with Crippen LogP contribution >= 0.6 is 0 Å². The molecule has 1 aromatic rings. The Hall–Kier alpha value is -1.11. The molecular weight excluding hydrogens is 228 g/mol. The Labute approximate surface area is 95.3 Å². The number of aryl methyl sites for hydroxylation is 1. The SMILES string of the molecule is Cc1ccc(N)cc1S(=O)(=O)NC[C@@H](C)O. The normalized spacial score (nSPS) is 13.7. The van der Waals surface area contributed by atoms with Crippen LogP contribution in [0.5, 0.6) is 0 Å². The lowest BCUT2D eigenvalue weighted by atomic mass is 10.2. The summed E-state index contributed by atoms with van der Waals surface area (Å²) < 4.78 is 26.0. The predicted octanol–water partition coefficient (Wildman–Crippen LogP) is 0.236. The number of hydrogen-bond acceptors (Lipinski definition) is 4. The summed E-state index contributed by atoms with van der Waals surface area (Å²) in [5.74, 6) is 0. The van der Waals surface area contributed by atoms with Gasteiger partial charge in [-0.3, -0.25) is 0 Å². The average molecular weight is 244 g/mol. The Morgan fingerprint density at radius 1 is 1.50 bits per heavy atom. The van der Waals surface area contributed by atoms with E-state index in [1.165, 1.54) is 13.0 Å². The van der Waals surface area contributed by atoms with Gasteiger partial charge in [0, 0.05) is 12.2 Å².